The van der Waals surface area contributed by atoms with Gasteiger partial charge in [-0.1, -0.05) is 42.0 Å². The van der Waals surface area contributed by atoms with Crippen LogP contribution in [-0.2, 0) is 4.74 Å². The molecule has 5 heteroatoms. The maximum Gasteiger partial charge on any atom is 0.289 e. The van der Waals surface area contributed by atoms with Crippen LogP contribution in [0, 0.1) is 6.92 Å². The first kappa shape index (κ1) is 16.7. The van der Waals surface area contributed by atoms with Gasteiger partial charge in [0.1, 0.15) is 6.10 Å². The first-order chi connectivity index (χ1) is 12.7. The third-order valence-electron chi connectivity index (χ3n) is 4.74. The van der Waals surface area contributed by atoms with Crippen molar-refractivity contribution in [1.82, 2.24) is 4.90 Å². The van der Waals surface area contributed by atoms with Gasteiger partial charge in [-0.25, -0.2) is 0 Å². The predicted molar refractivity (Wildman–Crippen MR) is 98.5 cm³/mol. The van der Waals surface area contributed by atoms with Gasteiger partial charge in [0.15, 0.2) is 17.1 Å². The molecule has 1 saturated heterocycles. The van der Waals surface area contributed by atoms with Gasteiger partial charge in [-0.05, 0) is 24.6 Å². The molecular weight excluding hydrogens is 330 g/mol. The van der Waals surface area contributed by atoms with E-state index in [1.807, 2.05) is 18.2 Å². The van der Waals surface area contributed by atoms with Crippen LogP contribution in [0.25, 0.3) is 11.0 Å². The summed E-state index contributed by atoms with van der Waals surface area (Å²) >= 11 is 0. The van der Waals surface area contributed by atoms with E-state index in [4.69, 9.17) is 13.9 Å². The zero-order valence-electron chi connectivity index (χ0n) is 14.9. The number of morpholine rings is 1. The Kier molecular flexibility index (Phi) is 4.39. The van der Waals surface area contributed by atoms with E-state index in [2.05, 4.69) is 31.2 Å². The molecule has 2 heterocycles. The third-order valence-corrected chi connectivity index (χ3v) is 4.74. The summed E-state index contributed by atoms with van der Waals surface area (Å²) in [6, 6.07) is 15.6. The average Bonchev–Trinajstić information content (AvgIpc) is 3.12. The number of carbonyl (C=O) groups is 1. The summed E-state index contributed by atoms with van der Waals surface area (Å²) in [6.07, 6.45) is -0.118. The fourth-order valence-corrected chi connectivity index (χ4v) is 3.27. The fourth-order valence-electron chi connectivity index (χ4n) is 3.27. The van der Waals surface area contributed by atoms with Crippen molar-refractivity contribution in [1.29, 1.82) is 0 Å². The molecule has 5 nitrogen and oxygen atoms in total. The van der Waals surface area contributed by atoms with E-state index in [-0.39, 0.29) is 12.0 Å². The van der Waals surface area contributed by atoms with Crippen molar-refractivity contribution in [3.63, 3.8) is 0 Å². The van der Waals surface area contributed by atoms with Crippen LogP contribution >= 0.6 is 0 Å². The molecule has 1 fully saturated rings. The zero-order chi connectivity index (χ0) is 18.1. The summed E-state index contributed by atoms with van der Waals surface area (Å²) < 4.78 is 17.0. The second kappa shape index (κ2) is 6.84. The van der Waals surface area contributed by atoms with Crippen LogP contribution < -0.4 is 4.74 Å². The first-order valence-electron chi connectivity index (χ1n) is 8.69. The van der Waals surface area contributed by atoms with Gasteiger partial charge < -0.3 is 18.8 Å². The minimum Gasteiger partial charge on any atom is -0.493 e. The maximum atomic E-state index is 12.9. The van der Waals surface area contributed by atoms with Gasteiger partial charge in [0.25, 0.3) is 5.91 Å². The van der Waals surface area contributed by atoms with Gasteiger partial charge in [-0.2, -0.15) is 0 Å². The van der Waals surface area contributed by atoms with Crippen LogP contribution in [0.4, 0.5) is 0 Å². The van der Waals surface area contributed by atoms with E-state index >= 15 is 0 Å². The van der Waals surface area contributed by atoms with Gasteiger partial charge in [0.2, 0.25) is 0 Å². The van der Waals surface area contributed by atoms with Gasteiger partial charge in [0.05, 0.1) is 20.3 Å². The number of aryl methyl sites for hydroxylation is 1. The normalized spacial score (nSPS) is 17.5. The molecular formula is C21H21NO4. The molecule has 1 unspecified atom stereocenters. The highest BCUT2D eigenvalue weighted by Crippen LogP contribution is 2.30. The topological polar surface area (TPSA) is 51.9 Å². The van der Waals surface area contributed by atoms with Crippen LogP contribution in [0.1, 0.15) is 27.8 Å². The number of furan rings is 1. The lowest BCUT2D eigenvalue weighted by molar-refractivity contribution is -0.0237. The first-order valence-corrected chi connectivity index (χ1v) is 8.69. The highest BCUT2D eigenvalue weighted by atomic mass is 16.5. The lowest BCUT2D eigenvalue weighted by Crippen LogP contribution is -2.42. The van der Waals surface area contributed by atoms with E-state index in [0.29, 0.717) is 36.8 Å². The lowest BCUT2D eigenvalue weighted by atomic mass is 10.1. The molecule has 2 aromatic carbocycles. The molecule has 0 radical (unpaired) electrons. The molecule has 26 heavy (non-hydrogen) atoms. The molecule has 4 rings (SSSR count). The Morgan fingerprint density at radius 3 is 2.77 bits per heavy atom. The highest BCUT2D eigenvalue weighted by molar-refractivity contribution is 5.97. The fraction of sp³-hybridized carbons (Fsp3) is 0.286. The van der Waals surface area contributed by atoms with Gasteiger partial charge in [-0.15, -0.1) is 0 Å². The van der Waals surface area contributed by atoms with E-state index in [9.17, 15) is 4.79 Å². The minimum absolute atomic E-state index is 0.118. The largest absolute Gasteiger partial charge is 0.493 e. The zero-order valence-corrected chi connectivity index (χ0v) is 14.9. The number of hydrogen-bond donors (Lipinski definition) is 0. The van der Waals surface area contributed by atoms with E-state index in [1.54, 1.807) is 18.1 Å². The summed E-state index contributed by atoms with van der Waals surface area (Å²) in [4.78, 5) is 14.7. The maximum absolute atomic E-state index is 12.9. The number of rotatable bonds is 3. The average molecular weight is 351 g/mol. The molecule has 0 spiro atoms. The summed E-state index contributed by atoms with van der Waals surface area (Å²) in [6.45, 7) is 3.62. The van der Waals surface area contributed by atoms with E-state index < -0.39 is 0 Å². The number of carbonyl (C=O) groups excluding carboxylic acids is 1. The number of benzene rings is 2. The standard InChI is InChI=1S/C21H21NO4/c1-14-6-8-15(9-7-14)19-13-22(10-11-25-19)21(23)18-12-16-4-3-5-17(24-2)20(16)26-18/h3-9,12,19H,10-11,13H2,1-2H3. The number of amides is 1. The third kappa shape index (κ3) is 3.06. The lowest BCUT2D eigenvalue weighted by Gasteiger charge is -2.32. The molecule has 0 saturated carbocycles. The van der Waals surface area contributed by atoms with Crippen LogP contribution in [-0.4, -0.2) is 37.6 Å². The van der Waals surface area contributed by atoms with Crippen LogP contribution in [0.3, 0.4) is 0 Å². The minimum atomic E-state index is -0.122. The van der Waals surface area contributed by atoms with Gasteiger partial charge in [-0.3, -0.25) is 4.79 Å². The van der Waals surface area contributed by atoms with E-state index in [1.165, 1.54) is 5.56 Å². The Balaban J connectivity index is 1.57. The Hall–Kier alpha value is -2.79. The molecule has 134 valence electrons. The van der Waals surface area contributed by atoms with Crippen molar-refractivity contribution in [2.75, 3.05) is 26.8 Å². The Bertz CT molecular complexity index is 929. The number of fused-ring (bicyclic) bond motifs is 1. The summed E-state index contributed by atoms with van der Waals surface area (Å²) in [5.74, 6) is 0.832. The number of methoxy groups -OCH3 is 1. The number of hydrogen-bond acceptors (Lipinski definition) is 4. The van der Waals surface area contributed by atoms with Crippen molar-refractivity contribution in [3.05, 3.63) is 65.4 Å². The predicted octanol–water partition coefficient (Wildman–Crippen LogP) is 3.96. The monoisotopic (exact) mass is 351 g/mol. The van der Waals surface area contributed by atoms with Crippen molar-refractivity contribution in [2.24, 2.45) is 0 Å². The molecule has 1 aromatic heterocycles. The molecule has 1 atom stereocenters. The van der Waals surface area contributed by atoms with Crippen LogP contribution in [0.15, 0.2) is 52.9 Å². The molecule has 1 aliphatic heterocycles. The Labute approximate surface area is 152 Å². The molecule has 1 aliphatic rings. The van der Waals surface area contributed by atoms with Crippen LogP contribution in [0.2, 0.25) is 0 Å². The SMILES string of the molecule is COc1cccc2cc(C(=O)N3CCOC(c4ccc(C)cc4)C3)oc12. The van der Waals surface area contributed by atoms with E-state index in [0.717, 1.165) is 10.9 Å². The van der Waals surface area contributed by atoms with Gasteiger partial charge in [0, 0.05) is 11.9 Å². The summed E-state index contributed by atoms with van der Waals surface area (Å²) in [5, 5.41) is 0.857. The molecule has 1 amide bonds. The second-order valence-electron chi connectivity index (χ2n) is 6.51. The summed E-state index contributed by atoms with van der Waals surface area (Å²) in [5.41, 5.74) is 2.88. The summed E-state index contributed by atoms with van der Waals surface area (Å²) in [7, 11) is 1.59. The Morgan fingerprint density at radius 1 is 1.19 bits per heavy atom. The number of nitrogens with zero attached hydrogens (tertiary/aromatic N) is 1. The van der Waals surface area contributed by atoms with Crippen LogP contribution in [0.5, 0.6) is 5.75 Å². The van der Waals surface area contributed by atoms with Crippen molar-refractivity contribution >= 4 is 16.9 Å². The van der Waals surface area contributed by atoms with Crippen molar-refractivity contribution < 1.29 is 18.7 Å². The second-order valence-corrected chi connectivity index (χ2v) is 6.51. The van der Waals surface area contributed by atoms with Crippen molar-refractivity contribution in [3.8, 4) is 5.75 Å². The Morgan fingerprint density at radius 2 is 2.00 bits per heavy atom. The number of ether oxygens (including phenoxy) is 2. The number of para-hydroxylation sites is 1. The quantitative estimate of drug-likeness (QED) is 0.717. The highest BCUT2D eigenvalue weighted by Gasteiger charge is 2.28. The van der Waals surface area contributed by atoms with Gasteiger partial charge >= 0.3 is 0 Å². The molecule has 3 aromatic rings. The smallest absolute Gasteiger partial charge is 0.289 e. The van der Waals surface area contributed by atoms with Crippen molar-refractivity contribution in [2.45, 2.75) is 13.0 Å². The molecule has 0 bridgehead atoms. The molecule has 0 N–H and O–H groups in total. The molecule has 0 aliphatic carbocycles.